The normalized spacial score (nSPS) is 16.7. The summed E-state index contributed by atoms with van der Waals surface area (Å²) >= 11 is 0. The Hall–Kier alpha value is -3.57. The molecule has 1 aliphatic heterocycles. The fourth-order valence-electron chi connectivity index (χ4n) is 4.48. The highest BCUT2D eigenvalue weighted by Crippen LogP contribution is 2.32. The van der Waals surface area contributed by atoms with Crippen molar-refractivity contribution in [2.75, 3.05) is 6.54 Å². The maximum absolute atomic E-state index is 14.9. The third-order valence-corrected chi connectivity index (χ3v) is 6.40. The lowest BCUT2D eigenvalue weighted by Gasteiger charge is -2.40. The Morgan fingerprint density at radius 1 is 1.18 bits per heavy atom. The van der Waals surface area contributed by atoms with E-state index in [9.17, 15) is 18.3 Å². The Labute approximate surface area is 193 Å². The van der Waals surface area contributed by atoms with Crippen molar-refractivity contribution in [3.05, 3.63) is 84.0 Å². The summed E-state index contributed by atoms with van der Waals surface area (Å²) in [5.41, 5.74) is -1.09. The maximum Gasteiger partial charge on any atom is 0.333 e. The zero-order valence-corrected chi connectivity index (χ0v) is 18.4. The van der Waals surface area contributed by atoms with E-state index in [1.165, 1.54) is 30.9 Å². The molecule has 8 nitrogen and oxygen atoms in total. The van der Waals surface area contributed by atoms with Crippen LogP contribution < -0.4 is 9.36 Å². The van der Waals surface area contributed by atoms with Gasteiger partial charge >= 0.3 is 12.2 Å². The van der Waals surface area contributed by atoms with Crippen molar-refractivity contribution in [3.8, 4) is 11.4 Å². The second-order valence-electron chi connectivity index (χ2n) is 8.50. The fraction of sp³-hybridized carbons (Fsp3) is 0.304. The summed E-state index contributed by atoms with van der Waals surface area (Å²) in [6, 6.07) is 8.77. The van der Waals surface area contributed by atoms with Crippen LogP contribution in [0.2, 0.25) is 0 Å². The summed E-state index contributed by atoms with van der Waals surface area (Å²) in [7, 11) is 0. The van der Waals surface area contributed by atoms with Gasteiger partial charge in [-0.05, 0) is 41.2 Å². The molecule has 0 spiro atoms. The molecule has 0 unspecified atom stereocenters. The van der Waals surface area contributed by atoms with Gasteiger partial charge in [0.2, 0.25) is 6.33 Å². The number of aromatic nitrogens is 6. The minimum atomic E-state index is -1.71. The lowest BCUT2D eigenvalue weighted by atomic mass is 9.85. The molecule has 0 aliphatic carbocycles. The molecular weight excluding hydrogens is 447 g/mol. The molecule has 34 heavy (non-hydrogen) atoms. The van der Waals surface area contributed by atoms with Gasteiger partial charge in [-0.25, -0.2) is 13.2 Å². The van der Waals surface area contributed by atoms with Gasteiger partial charge in [0.15, 0.2) is 0 Å². The third kappa shape index (κ3) is 4.08. The lowest BCUT2D eigenvalue weighted by molar-refractivity contribution is -0.768. The molecular formula is C23H24F3N7O+2. The molecule has 3 N–H and O–H groups in total. The van der Waals surface area contributed by atoms with Crippen molar-refractivity contribution in [1.82, 2.24) is 25.1 Å². The van der Waals surface area contributed by atoms with Gasteiger partial charge in [-0.2, -0.15) is 19.6 Å². The molecule has 11 heteroatoms. The van der Waals surface area contributed by atoms with Crippen LogP contribution in [0, 0.1) is 17.5 Å². The first-order valence-electron chi connectivity index (χ1n) is 10.9. The van der Waals surface area contributed by atoms with Crippen LogP contribution in [0.15, 0.2) is 55.1 Å². The van der Waals surface area contributed by atoms with Crippen LogP contribution in [0.1, 0.15) is 18.3 Å². The van der Waals surface area contributed by atoms with E-state index in [4.69, 9.17) is 0 Å². The second kappa shape index (κ2) is 8.65. The smallest absolute Gasteiger partial charge is 0.333 e. The molecule has 1 aliphatic rings. The number of fused-ring (bicyclic) bond motifs is 1. The van der Waals surface area contributed by atoms with Gasteiger partial charge in [-0.15, -0.1) is 0 Å². The topological polar surface area (TPSA) is 88.6 Å². The van der Waals surface area contributed by atoms with E-state index in [0.29, 0.717) is 36.8 Å². The molecule has 2 atom stereocenters. The number of halogens is 3. The van der Waals surface area contributed by atoms with E-state index in [0.717, 1.165) is 12.1 Å². The number of hydrogen-bond acceptors (Lipinski definition) is 4. The molecule has 0 amide bonds. The number of hydrogen-bond donors (Lipinski definition) is 3. The predicted molar refractivity (Wildman–Crippen MR) is 113 cm³/mol. The maximum atomic E-state index is 14.9. The summed E-state index contributed by atoms with van der Waals surface area (Å²) in [4.78, 5) is 10.6. The van der Waals surface area contributed by atoms with Crippen molar-refractivity contribution in [2.45, 2.75) is 38.2 Å². The largest absolute Gasteiger partial charge is 0.379 e. The predicted octanol–water partition coefficient (Wildman–Crippen LogP) is 1.58. The number of benzene rings is 2. The molecule has 2 aromatic heterocycles. The minimum Gasteiger partial charge on any atom is -0.379 e. The minimum absolute atomic E-state index is 0.00979. The molecule has 2 aromatic carbocycles. The highest BCUT2D eigenvalue weighted by Gasteiger charge is 2.45. The quantitative estimate of drug-likeness (QED) is 0.373. The first-order chi connectivity index (χ1) is 16.3. The van der Waals surface area contributed by atoms with Crippen molar-refractivity contribution in [3.63, 3.8) is 0 Å². The monoisotopic (exact) mass is 471 g/mol. The van der Waals surface area contributed by atoms with Gasteiger partial charge < -0.3 is 5.11 Å². The van der Waals surface area contributed by atoms with Crippen LogP contribution in [0.4, 0.5) is 13.2 Å². The molecule has 0 bridgehead atoms. The Kier molecular flexibility index (Phi) is 5.66. The second-order valence-corrected chi connectivity index (χ2v) is 8.50. The highest BCUT2D eigenvalue weighted by molar-refractivity contribution is 5.53. The Morgan fingerprint density at radius 3 is 2.74 bits per heavy atom. The number of aromatic amines is 2. The standard InChI is InChI=1S/C23H22F3N7O/c1-15(23(34,12-32-14-27-13-28-32)19-6-5-18(25)10-20(19)26)31-7-8-33-21(11-31)29-22(30-33)16-3-2-4-17(24)9-16/h2-6,9-10,13-15,34H,7-8,11-12H2,1H3/p+2/t15-,23-/m1/s1. The van der Waals surface area contributed by atoms with E-state index in [2.05, 4.69) is 20.2 Å². The van der Waals surface area contributed by atoms with Crippen molar-refractivity contribution in [1.29, 1.82) is 0 Å². The Morgan fingerprint density at radius 2 is 2.00 bits per heavy atom. The fourth-order valence-corrected chi connectivity index (χ4v) is 4.48. The summed E-state index contributed by atoms with van der Waals surface area (Å²) in [6.45, 7) is 3.23. The zero-order valence-electron chi connectivity index (χ0n) is 18.4. The van der Waals surface area contributed by atoms with Gasteiger partial charge in [0.1, 0.15) is 42.7 Å². The SMILES string of the molecule is C[C@@H](N1CC[n+]2[nH]c(-c3cccc(F)c3)nc2C1)[C@](O)(C[n+]1cnc[nH]1)c1ccc(F)cc1F. The number of rotatable bonds is 6. The molecule has 3 heterocycles. The van der Waals surface area contributed by atoms with Gasteiger partial charge in [-0.1, -0.05) is 12.1 Å². The lowest BCUT2D eigenvalue weighted by Crippen LogP contribution is -2.61. The van der Waals surface area contributed by atoms with Gasteiger partial charge in [0.25, 0.3) is 5.82 Å². The average molecular weight is 471 g/mol. The number of nitrogens with one attached hydrogen (secondary N) is 2. The van der Waals surface area contributed by atoms with Crippen molar-refractivity contribution >= 4 is 0 Å². The van der Waals surface area contributed by atoms with Crippen LogP contribution in [-0.4, -0.2) is 42.8 Å². The van der Waals surface area contributed by atoms with E-state index in [1.807, 2.05) is 9.58 Å². The third-order valence-electron chi connectivity index (χ3n) is 6.40. The summed E-state index contributed by atoms with van der Waals surface area (Å²) < 4.78 is 45.6. The number of nitrogens with zero attached hydrogens (tertiary/aromatic N) is 5. The number of aliphatic hydroxyl groups is 1. The first-order valence-corrected chi connectivity index (χ1v) is 10.9. The van der Waals surface area contributed by atoms with Gasteiger partial charge in [0.05, 0.1) is 0 Å². The zero-order chi connectivity index (χ0) is 23.9. The molecule has 4 aromatic rings. The molecule has 176 valence electrons. The summed E-state index contributed by atoms with van der Waals surface area (Å²) in [5, 5.41) is 17.9. The molecule has 0 radical (unpaired) electrons. The van der Waals surface area contributed by atoms with E-state index < -0.39 is 23.3 Å². The van der Waals surface area contributed by atoms with E-state index in [-0.39, 0.29) is 17.9 Å². The van der Waals surface area contributed by atoms with Crippen LogP contribution >= 0.6 is 0 Å². The number of H-pyrrole nitrogens is 2. The Bertz CT molecular complexity index is 1310. The van der Waals surface area contributed by atoms with E-state index in [1.54, 1.807) is 23.7 Å². The summed E-state index contributed by atoms with van der Waals surface area (Å²) in [6.07, 6.45) is 2.94. The molecule has 0 fully saturated rings. The molecule has 0 saturated carbocycles. The summed E-state index contributed by atoms with van der Waals surface area (Å²) in [5.74, 6) is -0.652. The highest BCUT2D eigenvalue weighted by atomic mass is 19.1. The Balaban J connectivity index is 1.46. The van der Waals surface area contributed by atoms with Crippen molar-refractivity contribution in [2.24, 2.45) is 0 Å². The average Bonchev–Trinajstić information content (AvgIpc) is 3.47. The first kappa shape index (κ1) is 22.2. The van der Waals surface area contributed by atoms with Crippen LogP contribution in [0.3, 0.4) is 0 Å². The molecule has 0 saturated heterocycles. The van der Waals surface area contributed by atoms with E-state index >= 15 is 0 Å². The van der Waals surface area contributed by atoms with Crippen molar-refractivity contribution < 1.29 is 27.6 Å². The van der Waals surface area contributed by atoms with Gasteiger partial charge in [0, 0.05) is 29.8 Å². The van der Waals surface area contributed by atoms with Gasteiger partial charge in [-0.3, -0.25) is 4.90 Å². The van der Waals surface area contributed by atoms with Crippen LogP contribution in [0.25, 0.3) is 11.4 Å². The van der Waals surface area contributed by atoms with Crippen LogP contribution in [-0.2, 0) is 25.2 Å². The van der Waals surface area contributed by atoms with Crippen LogP contribution in [0.5, 0.6) is 0 Å². The molecule has 5 rings (SSSR count).